The first-order valence-corrected chi connectivity index (χ1v) is 7.34. The molecule has 2 saturated carbocycles. The Morgan fingerprint density at radius 2 is 2.36 bits per heavy atom. The molecule has 3 rings (SSSR count). The second-order valence-electron chi connectivity index (χ2n) is 4.88. The van der Waals surface area contributed by atoms with E-state index in [1.165, 1.54) is 12.8 Å². The molecule has 4 heteroatoms. The average Bonchev–Trinajstić information content (AvgIpc) is 2.92. The Balaban J connectivity index is 1.90. The summed E-state index contributed by atoms with van der Waals surface area (Å²) in [6.45, 7) is 4.43. The van der Waals surface area contributed by atoms with Crippen LogP contribution in [0.2, 0.25) is 0 Å². The molecule has 1 heterocycles. The molecule has 0 bridgehead atoms. The van der Waals surface area contributed by atoms with Gasteiger partial charge in [-0.2, -0.15) is 0 Å². The van der Waals surface area contributed by atoms with Crippen LogP contribution in [0.4, 0.5) is 0 Å². The van der Waals surface area contributed by atoms with Crippen molar-refractivity contribution in [3.05, 3.63) is 0 Å². The van der Waals surface area contributed by atoms with Crippen molar-refractivity contribution in [2.75, 3.05) is 13.2 Å². The molecule has 4 atom stereocenters. The molecule has 0 aromatic carbocycles. The van der Waals surface area contributed by atoms with Gasteiger partial charge in [0.15, 0.2) is 0 Å². The Hall–Kier alpha value is 0.620. The van der Waals surface area contributed by atoms with Gasteiger partial charge in [0.05, 0.1) is 6.61 Å². The van der Waals surface area contributed by atoms with E-state index < -0.39 is 0 Å². The normalized spacial score (nSPS) is 52.3. The second kappa shape index (κ2) is 3.30. The first-order chi connectivity index (χ1) is 6.79. The molecule has 3 aliphatic rings. The van der Waals surface area contributed by atoms with Gasteiger partial charge in [-0.15, -0.1) is 0 Å². The Morgan fingerprint density at radius 1 is 1.50 bits per heavy atom. The highest BCUT2D eigenvalue weighted by Gasteiger charge is 2.66. The fourth-order valence-corrected chi connectivity index (χ4v) is 4.81. The first kappa shape index (κ1) is 9.82. The van der Waals surface area contributed by atoms with Crippen LogP contribution in [0.3, 0.4) is 0 Å². The summed E-state index contributed by atoms with van der Waals surface area (Å²) < 4.78 is 8.54. The molecule has 80 valence electrons. The summed E-state index contributed by atoms with van der Waals surface area (Å²) in [6.07, 6.45) is 3.89. The zero-order chi connectivity index (χ0) is 9.76. The number of rotatable bonds is 1. The van der Waals surface area contributed by atoms with Gasteiger partial charge in [-0.05, 0) is 36.2 Å². The third-order valence-electron chi connectivity index (χ3n) is 4.14. The summed E-state index contributed by atoms with van der Waals surface area (Å²) >= 11 is 4.37. The summed E-state index contributed by atoms with van der Waals surface area (Å²) in [5, 5.41) is 0. The molecule has 0 aromatic heterocycles. The smallest absolute Gasteiger partial charge is 0.136 e. The van der Waals surface area contributed by atoms with Crippen molar-refractivity contribution < 1.29 is 4.74 Å². The standard InChI is InChI=1S/C10H17NOS2/c1-7-5-8-6-9(8)10(7)11(14-13)3-2-4-12-10/h7-9,13H,2-6H2,1H3/t7-,8-,9+,10+/m1/s1. The molecule has 2 aliphatic carbocycles. The fraction of sp³-hybridized carbons (Fsp3) is 1.00. The van der Waals surface area contributed by atoms with Crippen molar-refractivity contribution in [1.82, 2.24) is 4.31 Å². The molecule has 1 saturated heterocycles. The highest BCUT2D eigenvalue weighted by molar-refractivity contribution is 8.67. The van der Waals surface area contributed by atoms with Gasteiger partial charge in [0.2, 0.25) is 0 Å². The molecule has 0 N–H and O–H groups in total. The number of ether oxygens (including phenoxy) is 1. The van der Waals surface area contributed by atoms with E-state index in [-0.39, 0.29) is 5.72 Å². The van der Waals surface area contributed by atoms with E-state index >= 15 is 0 Å². The number of hydrogen-bond acceptors (Lipinski definition) is 4. The Morgan fingerprint density at radius 3 is 3.00 bits per heavy atom. The van der Waals surface area contributed by atoms with Crippen molar-refractivity contribution in [3.63, 3.8) is 0 Å². The molecule has 0 radical (unpaired) electrons. The molecule has 2 nitrogen and oxygen atoms in total. The average molecular weight is 231 g/mol. The summed E-state index contributed by atoms with van der Waals surface area (Å²) in [5.74, 6) is 2.44. The molecule has 3 fully saturated rings. The van der Waals surface area contributed by atoms with Gasteiger partial charge in [-0.25, -0.2) is 4.31 Å². The van der Waals surface area contributed by atoms with Crippen LogP contribution in [0.5, 0.6) is 0 Å². The van der Waals surface area contributed by atoms with Gasteiger partial charge in [-0.3, -0.25) is 0 Å². The van der Waals surface area contributed by atoms with Gasteiger partial charge in [0, 0.05) is 18.4 Å². The Kier molecular flexibility index (Phi) is 2.32. The number of nitrogens with zero attached hydrogens (tertiary/aromatic N) is 1. The van der Waals surface area contributed by atoms with Crippen molar-refractivity contribution in [2.24, 2.45) is 17.8 Å². The van der Waals surface area contributed by atoms with Crippen LogP contribution in [0, 0.1) is 17.8 Å². The molecule has 1 aliphatic heterocycles. The predicted molar refractivity (Wildman–Crippen MR) is 62.0 cm³/mol. The zero-order valence-electron chi connectivity index (χ0n) is 8.48. The van der Waals surface area contributed by atoms with Gasteiger partial charge >= 0.3 is 0 Å². The molecule has 0 aromatic rings. The Labute approximate surface area is 94.7 Å². The number of fused-ring (bicyclic) bond motifs is 2. The lowest BCUT2D eigenvalue weighted by Crippen LogP contribution is -2.55. The molecule has 0 unspecified atom stereocenters. The lowest BCUT2D eigenvalue weighted by atomic mass is 9.94. The molecule has 14 heavy (non-hydrogen) atoms. The molecular weight excluding hydrogens is 214 g/mol. The van der Waals surface area contributed by atoms with Gasteiger partial charge in [-0.1, -0.05) is 18.6 Å². The summed E-state index contributed by atoms with van der Waals surface area (Å²) in [4.78, 5) is 0. The van der Waals surface area contributed by atoms with Crippen molar-refractivity contribution in [1.29, 1.82) is 0 Å². The minimum atomic E-state index is 0.0509. The van der Waals surface area contributed by atoms with Gasteiger partial charge < -0.3 is 4.74 Å². The van der Waals surface area contributed by atoms with Crippen LogP contribution in [0.15, 0.2) is 0 Å². The van der Waals surface area contributed by atoms with E-state index in [2.05, 4.69) is 22.9 Å². The topological polar surface area (TPSA) is 12.5 Å². The monoisotopic (exact) mass is 231 g/mol. The van der Waals surface area contributed by atoms with Crippen molar-refractivity contribution in [3.8, 4) is 0 Å². The summed E-state index contributed by atoms with van der Waals surface area (Å²) in [5.41, 5.74) is 0.0509. The largest absolute Gasteiger partial charge is 0.359 e. The second-order valence-corrected chi connectivity index (χ2v) is 5.97. The maximum Gasteiger partial charge on any atom is 0.136 e. The zero-order valence-corrected chi connectivity index (χ0v) is 10.2. The lowest BCUT2D eigenvalue weighted by molar-refractivity contribution is -0.178. The van der Waals surface area contributed by atoms with E-state index in [0.29, 0.717) is 5.92 Å². The number of thiol groups is 1. The van der Waals surface area contributed by atoms with E-state index in [9.17, 15) is 0 Å². The lowest BCUT2D eigenvalue weighted by Gasteiger charge is -2.47. The van der Waals surface area contributed by atoms with E-state index in [1.54, 1.807) is 11.0 Å². The van der Waals surface area contributed by atoms with Crippen molar-refractivity contribution >= 4 is 22.6 Å². The highest BCUT2D eigenvalue weighted by Crippen LogP contribution is 2.64. The molecule has 0 amide bonds. The third-order valence-corrected chi connectivity index (χ3v) is 5.40. The summed E-state index contributed by atoms with van der Waals surface area (Å²) in [7, 11) is 1.58. The van der Waals surface area contributed by atoms with Gasteiger partial charge in [0.25, 0.3) is 0 Å². The SMILES string of the molecule is C[C@@H]1C[C@@H]2C[C@@H]2[C@@]12OCCCN2SS. The maximum absolute atomic E-state index is 6.15. The quantitative estimate of drug-likeness (QED) is 0.423. The van der Waals surface area contributed by atoms with Crippen LogP contribution in [0.1, 0.15) is 26.2 Å². The summed E-state index contributed by atoms with van der Waals surface area (Å²) in [6, 6.07) is 0. The molecular formula is C10H17NOS2. The number of hydrogen-bond donors (Lipinski definition) is 1. The van der Waals surface area contributed by atoms with Crippen LogP contribution >= 0.6 is 22.6 Å². The molecule has 1 spiro atoms. The minimum Gasteiger partial charge on any atom is -0.359 e. The van der Waals surface area contributed by atoms with Crippen molar-refractivity contribution in [2.45, 2.75) is 31.9 Å². The van der Waals surface area contributed by atoms with Gasteiger partial charge in [0.1, 0.15) is 5.72 Å². The predicted octanol–water partition coefficient (Wildman–Crippen LogP) is 2.57. The fourth-order valence-electron chi connectivity index (χ4n) is 3.48. The van der Waals surface area contributed by atoms with Crippen LogP contribution in [-0.2, 0) is 4.74 Å². The van der Waals surface area contributed by atoms with E-state index in [1.807, 2.05) is 0 Å². The first-order valence-electron chi connectivity index (χ1n) is 5.52. The third kappa shape index (κ3) is 1.14. The van der Waals surface area contributed by atoms with Crippen LogP contribution in [0.25, 0.3) is 0 Å². The Bertz CT molecular complexity index is 246. The van der Waals surface area contributed by atoms with E-state index in [4.69, 9.17) is 4.74 Å². The van der Waals surface area contributed by atoms with E-state index in [0.717, 1.165) is 31.4 Å². The van der Waals surface area contributed by atoms with Crippen LogP contribution in [-0.4, -0.2) is 23.2 Å². The minimum absolute atomic E-state index is 0.0509. The van der Waals surface area contributed by atoms with Crippen LogP contribution < -0.4 is 0 Å². The highest BCUT2D eigenvalue weighted by atomic mass is 33.1. The maximum atomic E-state index is 6.15.